The van der Waals surface area contributed by atoms with Gasteiger partial charge in [-0.3, -0.25) is 4.79 Å². The molecule has 25 heavy (non-hydrogen) atoms. The smallest absolute Gasteiger partial charge is 0.322 e. The minimum atomic E-state index is -0.337. The summed E-state index contributed by atoms with van der Waals surface area (Å²) in [7, 11) is 0. The van der Waals surface area contributed by atoms with Crippen LogP contribution in [0.3, 0.4) is 0 Å². The van der Waals surface area contributed by atoms with Gasteiger partial charge in [0.2, 0.25) is 0 Å². The molecule has 9 heteroatoms. The molecule has 3 amide bonds. The molecule has 1 aromatic carbocycles. The van der Waals surface area contributed by atoms with E-state index in [1.165, 1.54) is 18.4 Å². The van der Waals surface area contributed by atoms with Gasteiger partial charge in [0, 0.05) is 31.2 Å². The van der Waals surface area contributed by atoms with Crippen LogP contribution in [0.25, 0.3) is 0 Å². The summed E-state index contributed by atoms with van der Waals surface area (Å²) in [4.78, 5) is 27.9. The predicted octanol–water partition coefficient (Wildman–Crippen LogP) is 4.23. The lowest BCUT2D eigenvalue weighted by atomic mass is 10.3. The van der Waals surface area contributed by atoms with Gasteiger partial charge in [-0.25, -0.2) is 4.79 Å². The summed E-state index contributed by atoms with van der Waals surface area (Å²) in [6.07, 6.45) is 1.45. The zero-order valence-corrected chi connectivity index (χ0v) is 15.2. The normalized spacial score (nSPS) is 14.5. The lowest BCUT2D eigenvalue weighted by Crippen LogP contribution is -2.51. The number of carbonyl (C=O) groups excluding carboxylic acids is 2. The topological polar surface area (TPSA) is 65.8 Å². The number of carbonyl (C=O) groups is 2. The molecule has 132 valence electrons. The first-order chi connectivity index (χ1) is 12.0. The molecular formula is C16H14Cl3N3O3. The van der Waals surface area contributed by atoms with Crippen molar-refractivity contribution < 1.29 is 14.0 Å². The highest BCUT2D eigenvalue weighted by molar-refractivity contribution is 6.42. The Morgan fingerprint density at radius 3 is 2.16 bits per heavy atom. The van der Waals surface area contributed by atoms with Crippen molar-refractivity contribution in [3.05, 3.63) is 51.4 Å². The van der Waals surface area contributed by atoms with Gasteiger partial charge in [-0.2, -0.15) is 0 Å². The molecule has 0 atom stereocenters. The van der Waals surface area contributed by atoms with Crippen LogP contribution in [-0.2, 0) is 0 Å². The average molecular weight is 403 g/mol. The molecule has 0 radical (unpaired) electrons. The van der Waals surface area contributed by atoms with Gasteiger partial charge in [-0.1, -0.05) is 34.8 Å². The van der Waals surface area contributed by atoms with Gasteiger partial charge in [0.15, 0.2) is 5.76 Å². The first kappa shape index (κ1) is 17.9. The molecule has 1 aromatic heterocycles. The maximum Gasteiger partial charge on any atom is 0.322 e. The second-order valence-corrected chi connectivity index (χ2v) is 6.68. The number of amides is 3. The molecule has 2 heterocycles. The van der Waals surface area contributed by atoms with Gasteiger partial charge >= 0.3 is 6.03 Å². The van der Waals surface area contributed by atoms with E-state index in [0.29, 0.717) is 36.9 Å². The molecule has 1 aliphatic rings. The Morgan fingerprint density at radius 2 is 1.60 bits per heavy atom. The summed E-state index contributed by atoms with van der Waals surface area (Å²) in [5, 5.41) is 3.60. The number of benzene rings is 1. The number of nitrogens with zero attached hydrogens (tertiary/aromatic N) is 2. The third kappa shape index (κ3) is 4.03. The van der Waals surface area contributed by atoms with Crippen molar-refractivity contribution in [3.63, 3.8) is 0 Å². The maximum atomic E-state index is 12.4. The van der Waals surface area contributed by atoms with Crippen LogP contribution in [0.1, 0.15) is 10.6 Å². The summed E-state index contributed by atoms with van der Waals surface area (Å²) < 4.78 is 5.11. The number of piperazine rings is 1. The Hall–Kier alpha value is -1.89. The SMILES string of the molecule is O=C(Nc1c(Cl)cc(Cl)cc1Cl)N1CCN(C(=O)c2ccco2)CC1. The Balaban J connectivity index is 1.60. The number of nitrogens with one attached hydrogen (secondary N) is 1. The van der Waals surface area contributed by atoms with E-state index in [-0.39, 0.29) is 27.7 Å². The lowest BCUT2D eigenvalue weighted by Gasteiger charge is -2.34. The minimum Gasteiger partial charge on any atom is -0.459 e. The Morgan fingerprint density at radius 1 is 1.00 bits per heavy atom. The van der Waals surface area contributed by atoms with Crippen molar-refractivity contribution in [2.75, 3.05) is 31.5 Å². The van der Waals surface area contributed by atoms with E-state index in [9.17, 15) is 9.59 Å². The van der Waals surface area contributed by atoms with Gasteiger partial charge in [-0.15, -0.1) is 0 Å². The van der Waals surface area contributed by atoms with Gasteiger partial charge in [0.1, 0.15) is 0 Å². The van der Waals surface area contributed by atoms with Crippen molar-refractivity contribution in [3.8, 4) is 0 Å². The van der Waals surface area contributed by atoms with E-state index in [1.807, 2.05) is 0 Å². The van der Waals surface area contributed by atoms with E-state index in [1.54, 1.807) is 21.9 Å². The molecule has 3 rings (SSSR count). The van der Waals surface area contributed by atoms with E-state index in [0.717, 1.165) is 0 Å². The third-order valence-corrected chi connectivity index (χ3v) is 4.64. The molecule has 1 N–H and O–H groups in total. The number of hydrogen-bond donors (Lipinski definition) is 1. The van der Waals surface area contributed by atoms with Crippen LogP contribution >= 0.6 is 34.8 Å². The molecule has 0 unspecified atom stereocenters. The van der Waals surface area contributed by atoms with Crippen molar-refractivity contribution in [1.29, 1.82) is 0 Å². The van der Waals surface area contributed by atoms with Crippen LogP contribution in [-0.4, -0.2) is 47.9 Å². The third-order valence-electron chi connectivity index (χ3n) is 3.82. The van der Waals surface area contributed by atoms with E-state index < -0.39 is 0 Å². The maximum absolute atomic E-state index is 12.4. The molecule has 0 spiro atoms. The van der Waals surface area contributed by atoms with Gasteiger partial charge in [-0.05, 0) is 24.3 Å². The molecular weight excluding hydrogens is 389 g/mol. The summed E-state index contributed by atoms with van der Waals surface area (Å²) in [6.45, 7) is 1.60. The first-order valence-electron chi connectivity index (χ1n) is 7.49. The van der Waals surface area contributed by atoms with Crippen LogP contribution in [0, 0.1) is 0 Å². The number of urea groups is 1. The standard InChI is InChI=1S/C16H14Cl3N3O3/c17-10-8-11(18)14(12(19)9-10)20-16(24)22-5-3-21(4-6-22)15(23)13-2-1-7-25-13/h1-2,7-9H,3-6H2,(H,20,24). The Bertz CT molecular complexity index is 764. The summed E-state index contributed by atoms with van der Waals surface area (Å²) in [5.41, 5.74) is 0.312. The fourth-order valence-corrected chi connectivity index (χ4v) is 3.43. The lowest BCUT2D eigenvalue weighted by molar-refractivity contribution is 0.0640. The summed E-state index contributed by atoms with van der Waals surface area (Å²) >= 11 is 18.0. The Kier molecular flexibility index (Phi) is 5.42. The second kappa shape index (κ2) is 7.56. The zero-order valence-electron chi connectivity index (χ0n) is 13.0. The highest BCUT2D eigenvalue weighted by Gasteiger charge is 2.26. The fraction of sp³-hybridized carbons (Fsp3) is 0.250. The van der Waals surface area contributed by atoms with Crippen LogP contribution < -0.4 is 5.32 Å². The zero-order chi connectivity index (χ0) is 18.0. The van der Waals surface area contributed by atoms with Crippen molar-refractivity contribution in [2.45, 2.75) is 0 Å². The summed E-state index contributed by atoms with van der Waals surface area (Å²) in [6, 6.07) is 5.95. The molecule has 0 aliphatic carbocycles. The average Bonchev–Trinajstić information content (AvgIpc) is 3.12. The number of anilines is 1. The minimum absolute atomic E-state index is 0.186. The van der Waals surface area contributed by atoms with E-state index in [2.05, 4.69) is 5.32 Å². The van der Waals surface area contributed by atoms with Crippen LogP contribution in [0.4, 0.5) is 10.5 Å². The number of furan rings is 1. The fourth-order valence-electron chi connectivity index (χ4n) is 2.52. The predicted molar refractivity (Wildman–Crippen MR) is 96.7 cm³/mol. The van der Waals surface area contributed by atoms with Crippen molar-refractivity contribution in [2.24, 2.45) is 0 Å². The van der Waals surface area contributed by atoms with Gasteiger partial charge in [0.25, 0.3) is 5.91 Å². The van der Waals surface area contributed by atoms with Crippen LogP contribution in [0.2, 0.25) is 15.1 Å². The van der Waals surface area contributed by atoms with E-state index >= 15 is 0 Å². The quantitative estimate of drug-likeness (QED) is 0.817. The highest BCUT2D eigenvalue weighted by atomic mass is 35.5. The molecule has 0 bridgehead atoms. The number of hydrogen-bond acceptors (Lipinski definition) is 3. The van der Waals surface area contributed by atoms with Crippen molar-refractivity contribution >= 4 is 52.4 Å². The number of halogens is 3. The number of rotatable bonds is 2. The first-order valence-corrected chi connectivity index (χ1v) is 8.62. The van der Waals surface area contributed by atoms with Gasteiger partial charge < -0.3 is 19.5 Å². The Labute approximate surface area is 159 Å². The monoisotopic (exact) mass is 401 g/mol. The van der Waals surface area contributed by atoms with Crippen molar-refractivity contribution in [1.82, 2.24) is 9.80 Å². The molecule has 1 fully saturated rings. The van der Waals surface area contributed by atoms with E-state index in [4.69, 9.17) is 39.2 Å². The second-order valence-electron chi connectivity index (χ2n) is 5.43. The molecule has 2 aromatic rings. The van der Waals surface area contributed by atoms with Crippen LogP contribution in [0.5, 0.6) is 0 Å². The molecule has 0 saturated carbocycles. The molecule has 1 aliphatic heterocycles. The molecule has 1 saturated heterocycles. The largest absolute Gasteiger partial charge is 0.459 e. The highest BCUT2D eigenvalue weighted by Crippen LogP contribution is 2.33. The van der Waals surface area contributed by atoms with Gasteiger partial charge in [0.05, 0.1) is 22.0 Å². The molecule has 6 nitrogen and oxygen atoms in total. The summed E-state index contributed by atoms with van der Waals surface area (Å²) in [5.74, 6) is 0.103. The van der Waals surface area contributed by atoms with Crippen LogP contribution in [0.15, 0.2) is 34.9 Å².